The van der Waals surface area contributed by atoms with Crippen molar-refractivity contribution in [2.45, 2.75) is 26.2 Å². The van der Waals surface area contributed by atoms with Gasteiger partial charge in [0.05, 0.1) is 0 Å². The van der Waals surface area contributed by atoms with Gasteiger partial charge in [0.25, 0.3) is 0 Å². The molecular formula is C8H14N2. The zero-order valence-corrected chi connectivity index (χ0v) is 6.35. The van der Waals surface area contributed by atoms with Crippen LogP contribution in [0.4, 0.5) is 0 Å². The van der Waals surface area contributed by atoms with Gasteiger partial charge in [-0.2, -0.15) is 0 Å². The molecule has 0 aliphatic heterocycles. The van der Waals surface area contributed by atoms with Crippen LogP contribution in [0.15, 0.2) is 11.8 Å². The Morgan fingerprint density at radius 1 is 1.60 bits per heavy atom. The van der Waals surface area contributed by atoms with E-state index in [4.69, 9.17) is 11.1 Å². The normalized spacial score (nSPS) is 20.3. The van der Waals surface area contributed by atoms with Crippen molar-refractivity contribution in [3.8, 4) is 0 Å². The molecule has 1 rings (SSSR count). The van der Waals surface area contributed by atoms with Gasteiger partial charge >= 0.3 is 0 Å². The molecule has 1 saturated carbocycles. The second-order valence-electron chi connectivity index (χ2n) is 2.97. The fourth-order valence-electron chi connectivity index (χ4n) is 1.08. The summed E-state index contributed by atoms with van der Waals surface area (Å²) in [5, 5.41) is 7.52. The summed E-state index contributed by atoms with van der Waals surface area (Å²) in [6.45, 7) is 1.83. The van der Waals surface area contributed by atoms with Gasteiger partial charge in [-0.05, 0) is 25.8 Å². The average Bonchev–Trinajstić information content (AvgIpc) is 1.55. The maximum atomic E-state index is 7.52. The van der Waals surface area contributed by atoms with E-state index in [0.717, 1.165) is 5.70 Å². The monoisotopic (exact) mass is 138 g/mol. The molecule has 2 nitrogen and oxygen atoms in total. The van der Waals surface area contributed by atoms with Crippen molar-refractivity contribution in [1.29, 1.82) is 5.41 Å². The summed E-state index contributed by atoms with van der Waals surface area (Å²) >= 11 is 0. The summed E-state index contributed by atoms with van der Waals surface area (Å²) in [6.07, 6.45) is 5.42. The number of hydrogen-bond acceptors (Lipinski definition) is 2. The predicted octanol–water partition coefficient (Wildman–Crippen LogP) is 1.67. The molecule has 0 amide bonds. The van der Waals surface area contributed by atoms with Crippen LogP contribution in [0.1, 0.15) is 26.2 Å². The molecule has 0 aromatic rings. The molecule has 10 heavy (non-hydrogen) atoms. The van der Waals surface area contributed by atoms with Crippen molar-refractivity contribution in [3.05, 3.63) is 11.8 Å². The zero-order valence-electron chi connectivity index (χ0n) is 6.35. The van der Waals surface area contributed by atoms with Gasteiger partial charge in [-0.15, -0.1) is 0 Å². The van der Waals surface area contributed by atoms with E-state index in [0.29, 0.717) is 11.6 Å². The van der Waals surface area contributed by atoms with Crippen molar-refractivity contribution < 1.29 is 0 Å². The molecule has 0 bridgehead atoms. The molecule has 0 spiro atoms. The van der Waals surface area contributed by atoms with Crippen LogP contribution in [0, 0.1) is 11.3 Å². The molecule has 0 saturated heterocycles. The number of hydrogen-bond donors (Lipinski definition) is 2. The lowest BCUT2D eigenvalue weighted by Crippen LogP contribution is -2.20. The second-order valence-corrected chi connectivity index (χ2v) is 2.97. The molecule has 0 aromatic carbocycles. The number of rotatable bonds is 2. The van der Waals surface area contributed by atoms with E-state index in [2.05, 4.69) is 0 Å². The molecule has 0 radical (unpaired) electrons. The van der Waals surface area contributed by atoms with Gasteiger partial charge in [0.15, 0.2) is 0 Å². The maximum absolute atomic E-state index is 7.52. The highest BCUT2D eigenvalue weighted by molar-refractivity contribution is 5.95. The van der Waals surface area contributed by atoms with Gasteiger partial charge < -0.3 is 11.1 Å². The van der Waals surface area contributed by atoms with Crippen LogP contribution in [-0.4, -0.2) is 5.71 Å². The van der Waals surface area contributed by atoms with Crippen LogP contribution in [0.2, 0.25) is 0 Å². The van der Waals surface area contributed by atoms with Gasteiger partial charge in [-0.25, -0.2) is 0 Å². The topological polar surface area (TPSA) is 49.9 Å². The number of nitrogens with one attached hydrogen (secondary N) is 1. The first-order valence-electron chi connectivity index (χ1n) is 3.72. The first-order valence-corrected chi connectivity index (χ1v) is 3.72. The number of nitrogens with two attached hydrogens (primary N) is 1. The Bertz CT molecular complexity index is 162. The smallest absolute Gasteiger partial charge is 0.0361 e. The van der Waals surface area contributed by atoms with Crippen molar-refractivity contribution in [1.82, 2.24) is 0 Å². The van der Waals surface area contributed by atoms with Gasteiger partial charge in [-0.3, -0.25) is 0 Å². The molecule has 3 N–H and O–H groups in total. The Morgan fingerprint density at radius 3 is 2.50 bits per heavy atom. The van der Waals surface area contributed by atoms with Gasteiger partial charge in [-0.1, -0.05) is 6.42 Å². The summed E-state index contributed by atoms with van der Waals surface area (Å²) < 4.78 is 0. The fourth-order valence-corrected chi connectivity index (χ4v) is 1.08. The van der Waals surface area contributed by atoms with Crippen LogP contribution in [0.25, 0.3) is 0 Å². The first kappa shape index (κ1) is 7.32. The molecule has 0 heterocycles. The third-order valence-electron chi connectivity index (χ3n) is 1.93. The second kappa shape index (κ2) is 2.86. The zero-order chi connectivity index (χ0) is 7.56. The molecular weight excluding hydrogens is 124 g/mol. The van der Waals surface area contributed by atoms with E-state index in [1.165, 1.54) is 19.3 Å². The summed E-state index contributed by atoms with van der Waals surface area (Å²) in [6, 6.07) is 0. The van der Waals surface area contributed by atoms with Crippen molar-refractivity contribution in [2.75, 3.05) is 0 Å². The van der Waals surface area contributed by atoms with E-state index >= 15 is 0 Å². The van der Waals surface area contributed by atoms with E-state index < -0.39 is 0 Å². The highest BCUT2D eigenvalue weighted by Crippen LogP contribution is 2.27. The Morgan fingerprint density at radius 2 is 2.20 bits per heavy atom. The third-order valence-corrected chi connectivity index (χ3v) is 1.93. The quantitative estimate of drug-likeness (QED) is 0.560. The van der Waals surface area contributed by atoms with Crippen molar-refractivity contribution >= 4 is 5.71 Å². The van der Waals surface area contributed by atoms with Gasteiger partial charge in [0.1, 0.15) is 0 Å². The van der Waals surface area contributed by atoms with Crippen LogP contribution < -0.4 is 5.73 Å². The molecule has 2 heteroatoms. The summed E-state index contributed by atoms with van der Waals surface area (Å²) in [7, 11) is 0. The highest BCUT2D eigenvalue weighted by atomic mass is 14.6. The van der Waals surface area contributed by atoms with Crippen LogP contribution >= 0.6 is 0 Å². The fraction of sp³-hybridized carbons (Fsp3) is 0.625. The van der Waals surface area contributed by atoms with Crippen LogP contribution in [0.3, 0.4) is 0 Å². The third kappa shape index (κ3) is 1.59. The minimum absolute atomic E-state index is 0.512. The Hall–Kier alpha value is -0.790. The minimum Gasteiger partial charge on any atom is -0.402 e. The van der Waals surface area contributed by atoms with E-state index in [1.807, 2.05) is 6.92 Å². The largest absolute Gasteiger partial charge is 0.402 e. The van der Waals surface area contributed by atoms with Crippen molar-refractivity contribution in [2.24, 2.45) is 11.7 Å². The Kier molecular flexibility index (Phi) is 2.10. The Labute approximate surface area is 61.6 Å². The summed E-state index contributed by atoms with van der Waals surface area (Å²) in [5.41, 5.74) is 6.89. The summed E-state index contributed by atoms with van der Waals surface area (Å²) in [4.78, 5) is 0. The first-order chi connectivity index (χ1) is 4.70. The molecule has 1 fully saturated rings. The lowest BCUT2D eigenvalue weighted by atomic mass is 9.81. The van der Waals surface area contributed by atoms with Gasteiger partial charge in [0.2, 0.25) is 0 Å². The minimum atomic E-state index is 0.512. The average molecular weight is 138 g/mol. The van der Waals surface area contributed by atoms with Crippen molar-refractivity contribution in [3.63, 3.8) is 0 Å². The van der Waals surface area contributed by atoms with E-state index in [1.54, 1.807) is 6.08 Å². The molecule has 1 aliphatic rings. The molecule has 0 unspecified atom stereocenters. The van der Waals surface area contributed by atoms with Gasteiger partial charge in [0, 0.05) is 17.3 Å². The summed E-state index contributed by atoms with van der Waals surface area (Å²) in [5.74, 6) is 0.512. The maximum Gasteiger partial charge on any atom is 0.0361 e. The molecule has 0 atom stereocenters. The lowest BCUT2D eigenvalue weighted by Gasteiger charge is -2.24. The standard InChI is InChI=1S/C8H14N2/c1-6(9)5-8(10)7-3-2-4-7/h5,7,10H,2-4,9H2,1H3/b6-5-,10-8?. The Balaban J connectivity index is 2.41. The molecule has 1 aliphatic carbocycles. The number of allylic oxidation sites excluding steroid dienone is 2. The van der Waals surface area contributed by atoms with Crippen LogP contribution in [0.5, 0.6) is 0 Å². The van der Waals surface area contributed by atoms with E-state index in [9.17, 15) is 0 Å². The molecule has 56 valence electrons. The molecule has 0 aromatic heterocycles. The van der Waals surface area contributed by atoms with Crippen LogP contribution in [-0.2, 0) is 0 Å². The van der Waals surface area contributed by atoms with E-state index in [-0.39, 0.29) is 0 Å². The predicted molar refractivity (Wildman–Crippen MR) is 43.0 cm³/mol. The SMILES string of the molecule is C/C(N)=C/C(=N)C1CCC1. The lowest BCUT2D eigenvalue weighted by molar-refractivity contribution is 0.413. The highest BCUT2D eigenvalue weighted by Gasteiger charge is 2.20.